The van der Waals surface area contributed by atoms with E-state index in [-0.39, 0.29) is 0 Å². The number of rotatable bonds is 1. The summed E-state index contributed by atoms with van der Waals surface area (Å²) in [5.41, 5.74) is 1.41. The second-order valence-corrected chi connectivity index (χ2v) is 3.65. The molecule has 0 bridgehead atoms. The van der Waals surface area contributed by atoms with Crippen molar-refractivity contribution < 1.29 is 9.59 Å². The molecule has 4 heteroatoms. The fourth-order valence-corrected chi connectivity index (χ4v) is 1.47. The van der Waals surface area contributed by atoms with Crippen LogP contribution in [0.15, 0.2) is 23.2 Å². The summed E-state index contributed by atoms with van der Waals surface area (Å²) in [6.45, 7) is 1.87. The summed E-state index contributed by atoms with van der Waals surface area (Å²) < 4.78 is 0.784. The van der Waals surface area contributed by atoms with Gasteiger partial charge in [-0.3, -0.25) is 4.79 Å². The molecule has 0 N–H and O–H groups in total. The highest BCUT2D eigenvalue weighted by Gasteiger charge is 2.08. The molecule has 1 aromatic rings. The van der Waals surface area contributed by atoms with Crippen LogP contribution in [0, 0.1) is 10.5 Å². The van der Waals surface area contributed by atoms with Crippen LogP contribution in [-0.4, -0.2) is 12.0 Å². The minimum atomic E-state index is -0.539. The van der Waals surface area contributed by atoms with Crippen LogP contribution in [0.4, 0.5) is 0 Å². The lowest BCUT2D eigenvalue weighted by atomic mass is 10.1. The van der Waals surface area contributed by atoms with Gasteiger partial charge in [-0.15, -0.1) is 4.99 Å². The highest BCUT2D eigenvalue weighted by atomic mass is 127. The summed E-state index contributed by atoms with van der Waals surface area (Å²) in [6.07, 6.45) is 1.23. The summed E-state index contributed by atoms with van der Waals surface area (Å²) in [4.78, 5) is 24.1. The third kappa shape index (κ3) is 2.47. The minimum absolute atomic E-state index is 0.448. The average Bonchev–Trinajstić information content (AvgIpc) is 2.09. The van der Waals surface area contributed by atoms with Gasteiger partial charge in [0.1, 0.15) is 0 Å². The van der Waals surface area contributed by atoms with Crippen LogP contribution in [0.3, 0.4) is 0 Å². The van der Waals surface area contributed by atoms with Crippen molar-refractivity contribution in [3.8, 4) is 0 Å². The average molecular weight is 287 g/mol. The molecule has 0 aliphatic rings. The molecule has 3 nitrogen and oxygen atoms in total. The molecule has 0 fully saturated rings. The molecule has 0 unspecified atom stereocenters. The molecule has 0 heterocycles. The van der Waals surface area contributed by atoms with Gasteiger partial charge in [0.2, 0.25) is 6.08 Å². The number of aryl methyl sites for hydroxylation is 1. The molecule has 13 heavy (non-hydrogen) atoms. The van der Waals surface area contributed by atoms with Crippen LogP contribution in [0.25, 0.3) is 0 Å². The Balaban J connectivity index is 3.20. The molecule has 0 aromatic heterocycles. The highest BCUT2D eigenvalue weighted by molar-refractivity contribution is 14.1. The molecule has 66 valence electrons. The maximum Gasteiger partial charge on any atom is 0.288 e. The predicted octanol–water partition coefficient (Wildman–Crippen LogP) is 2.08. The van der Waals surface area contributed by atoms with Crippen molar-refractivity contribution in [3.05, 3.63) is 32.9 Å². The van der Waals surface area contributed by atoms with Crippen molar-refractivity contribution in [3.63, 3.8) is 0 Å². The van der Waals surface area contributed by atoms with E-state index in [1.165, 1.54) is 6.08 Å². The number of carbonyl (C=O) groups excluding carboxylic acids is 2. The van der Waals surface area contributed by atoms with Crippen LogP contribution in [0.1, 0.15) is 15.9 Å². The van der Waals surface area contributed by atoms with Crippen molar-refractivity contribution in [2.24, 2.45) is 4.99 Å². The first-order valence-electron chi connectivity index (χ1n) is 3.53. The fourth-order valence-electron chi connectivity index (χ4n) is 0.905. The summed E-state index contributed by atoms with van der Waals surface area (Å²) in [5.74, 6) is -0.539. The number of isocyanates is 1. The number of hydrogen-bond acceptors (Lipinski definition) is 2. The molecule has 0 saturated heterocycles. The maximum absolute atomic E-state index is 11.2. The van der Waals surface area contributed by atoms with Gasteiger partial charge in [0.15, 0.2) is 0 Å². The standard InChI is InChI=1S/C9H6INO2/c1-6-2-3-8(10)7(4-6)9(13)11-5-12/h2-4H,1H3. The first-order chi connectivity index (χ1) is 6.15. The van der Waals surface area contributed by atoms with E-state index in [9.17, 15) is 9.59 Å². The molecule has 1 rings (SSSR count). The topological polar surface area (TPSA) is 46.5 Å². The summed E-state index contributed by atoms with van der Waals surface area (Å²) >= 11 is 2.02. The second-order valence-electron chi connectivity index (χ2n) is 2.49. The van der Waals surface area contributed by atoms with Gasteiger partial charge in [-0.05, 0) is 41.6 Å². The molecule has 0 saturated carbocycles. The Bertz CT molecular complexity index is 395. The third-order valence-corrected chi connectivity index (χ3v) is 2.44. The summed E-state index contributed by atoms with van der Waals surface area (Å²) in [6, 6.07) is 5.40. The maximum atomic E-state index is 11.2. The molecular weight excluding hydrogens is 281 g/mol. The van der Waals surface area contributed by atoms with Crippen LogP contribution in [0.2, 0.25) is 0 Å². The Morgan fingerprint density at radius 2 is 2.23 bits per heavy atom. The number of amides is 1. The molecule has 0 spiro atoms. The first-order valence-corrected chi connectivity index (χ1v) is 4.61. The molecule has 1 amide bonds. The Kier molecular flexibility index (Phi) is 3.33. The Labute approximate surface area is 89.0 Å². The third-order valence-electron chi connectivity index (χ3n) is 1.50. The van der Waals surface area contributed by atoms with E-state index >= 15 is 0 Å². The number of hydrogen-bond donors (Lipinski definition) is 0. The van der Waals surface area contributed by atoms with Crippen molar-refractivity contribution in [1.82, 2.24) is 0 Å². The van der Waals surface area contributed by atoms with E-state index in [2.05, 4.69) is 4.99 Å². The first kappa shape index (κ1) is 10.1. The second kappa shape index (κ2) is 4.30. The lowest BCUT2D eigenvalue weighted by Gasteiger charge is -1.99. The Hall–Kier alpha value is -1.00. The number of halogens is 1. The lowest BCUT2D eigenvalue weighted by molar-refractivity contribution is 0.100. The largest absolute Gasteiger partial charge is 0.288 e. The zero-order valence-electron chi connectivity index (χ0n) is 6.87. The minimum Gasteiger partial charge on any atom is -0.266 e. The Morgan fingerprint density at radius 3 is 2.85 bits per heavy atom. The van der Waals surface area contributed by atoms with Gasteiger partial charge in [0, 0.05) is 3.57 Å². The van der Waals surface area contributed by atoms with Crippen molar-refractivity contribution in [2.75, 3.05) is 0 Å². The van der Waals surface area contributed by atoms with Gasteiger partial charge in [-0.2, -0.15) is 0 Å². The normalized spacial score (nSPS) is 9.08. The van der Waals surface area contributed by atoms with Crippen molar-refractivity contribution in [2.45, 2.75) is 6.92 Å². The SMILES string of the molecule is Cc1ccc(I)c(C(=O)N=C=O)c1. The lowest BCUT2D eigenvalue weighted by Crippen LogP contribution is -1.98. The molecule has 0 radical (unpaired) electrons. The molecule has 0 atom stereocenters. The van der Waals surface area contributed by atoms with Crippen LogP contribution in [0.5, 0.6) is 0 Å². The summed E-state index contributed by atoms with van der Waals surface area (Å²) in [5, 5.41) is 0. The van der Waals surface area contributed by atoms with Crippen molar-refractivity contribution in [1.29, 1.82) is 0 Å². The van der Waals surface area contributed by atoms with Crippen LogP contribution in [-0.2, 0) is 4.79 Å². The van der Waals surface area contributed by atoms with Gasteiger partial charge in [-0.25, -0.2) is 4.79 Å². The van der Waals surface area contributed by atoms with E-state index in [4.69, 9.17) is 0 Å². The van der Waals surface area contributed by atoms with Gasteiger partial charge < -0.3 is 0 Å². The van der Waals surface area contributed by atoms with E-state index in [1.54, 1.807) is 6.07 Å². The van der Waals surface area contributed by atoms with Gasteiger partial charge in [0.05, 0.1) is 5.56 Å². The zero-order valence-corrected chi connectivity index (χ0v) is 9.03. The quantitative estimate of drug-likeness (QED) is 0.451. The summed E-state index contributed by atoms with van der Waals surface area (Å²) in [7, 11) is 0. The number of nitrogens with zero attached hydrogens (tertiary/aromatic N) is 1. The van der Waals surface area contributed by atoms with E-state index in [0.29, 0.717) is 5.56 Å². The molecule has 0 aliphatic heterocycles. The van der Waals surface area contributed by atoms with Gasteiger partial charge >= 0.3 is 0 Å². The fraction of sp³-hybridized carbons (Fsp3) is 0.111. The van der Waals surface area contributed by atoms with E-state index in [1.807, 2.05) is 41.6 Å². The zero-order chi connectivity index (χ0) is 9.84. The highest BCUT2D eigenvalue weighted by Crippen LogP contribution is 2.14. The van der Waals surface area contributed by atoms with Gasteiger partial charge in [0.25, 0.3) is 5.91 Å². The van der Waals surface area contributed by atoms with E-state index in [0.717, 1.165) is 9.13 Å². The van der Waals surface area contributed by atoms with Crippen LogP contribution >= 0.6 is 22.6 Å². The number of carbonyl (C=O) groups is 1. The predicted molar refractivity (Wildman–Crippen MR) is 56.3 cm³/mol. The monoisotopic (exact) mass is 287 g/mol. The number of benzene rings is 1. The molecule has 1 aromatic carbocycles. The van der Waals surface area contributed by atoms with Gasteiger partial charge in [-0.1, -0.05) is 11.6 Å². The number of aliphatic imine (C=N–C) groups is 1. The molecule has 0 aliphatic carbocycles. The molecular formula is C9H6INO2. The Morgan fingerprint density at radius 1 is 1.54 bits per heavy atom. The van der Waals surface area contributed by atoms with E-state index < -0.39 is 5.91 Å². The van der Waals surface area contributed by atoms with Crippen LogP contribution < -0.4 is 0 Å². The smallest absolute Gasteiger partial charge is 0.266 e. The van der Waals surface area contributed by atoms with Crippen molar-refractivity contribution >= 4 is 34.6 Å².